The van der Waals surface area contributed by atoms with Crippen molar-refractivity contribution in [2.75, 3.05) is 13.1 Å². The predicted molar refractivity (Wildman–Crippen MR) is 78.7 cm³/mol. The average Bonchev–Trinajstić information content (AvgIpc) is 2.80. The van der Waals surface area contributed by atoms with Crippen molar-refractivity contribution < 1.29 is 23.1 Å². The van der Waals surface area contributed by atoms with E-state index in [-0.39, 0.29) is 23.2 Å². The Hall–Kier alpha value is -1.45. The lowest BCUT2D eigenvalue weighted by molar-refractivity contribution is -0.140. The minimum atomic E-state index is -3.91. The van der Waals surface area contributed by atoms with Crippen molar-refractivity contribution >= 4 is 33.2 Å². The average molecular weight is 334 g/mol. The summed E-state index contributed by atoms with van der Waals surface area (Å²) in [6.07, 6.45) is 0. The first-order chi connectivity index (χ1) is 9.67. The first-order valence-corrected chi connectivity index (χ1v) is 8.53. The summed E-state index contributed by atoms with van der Waals surface area (Å²) in [7, 11) is -3.91. The van der Waals surface area contributed by atoms with E-state index in [0.29, 0.717) is 5.56 Å². The quantitative estimate of drug-likeness (QED) is 0.762. The number of amides is 1. The summed E-state index contributed by atoms with van der Waals surface area (Å²) < 4.78 is 26.2. The molecule has 1 atom stereocenters. The predicted octanol–water partition coefficient (Wildman–Crippen LogP) is 0.656. The van der Waals surface area contributed by atoms with E-state index in [2.05, 4.69) is 5.32 Å². The maximum atomic E-state index is 12.6. The molecular formula is C12H18N2O5S2. The lowest BCUT2D eigenvalue weighted by Crippen LogP contribution is -2.46. The summed E-state index contributed by atoms with van der Waals surface area (Å²) in [4.78, 5) is 22.0. The van der Waals surface area contributed by atoms with Crippen molar-refractivity contribution in [2.45, 2.75) is 31.0 Å². The van der Waals surface area contributed by atoms with Crippen molar-refractivity contribution in [1.82, 2.24) is 9.62 Å². The molecule has 0 bridgehead atoms. The molecule has 0 aliphatic rings. The molecule has 1 amide bonds. The zero-order chi connectivity index (χ0) is 16.2. The summed E-state index contributed by atoms with van der Waals surface area (Å²) in [5.74, 6) is -1.54. The molecule has 0 spiro atoms. The molecule has 1 rings (SSSR count). The first-order valence-electron chi connectivity index (χ1n) is 6.21. The summed E-state index contributed by atoms with van der Waals surface area (Å²) in [6, 6.07) is 0.444. The van der Waals surface area contributed by atoms with E-state index >= 15 is 0 Å². The molecule has 1 unspecified atom stereocenters. The molecule has 0 aromatic carbocycles. The van der Waals surface area contributed by atoms with Gasteiger partial charge in [0.25, 0.3) is 10.0 Å². The Morgan fingerprint density at radius 1 is 1.48 bits per heavy atom. The third kappa shape index (κ3) is 4.26. The van der Waals surface area contributed by atoms with Crippen LogP contribution >= 0.6 is 11.3 Å². The molecule has 1 aromatic rings. The van der Waals surface area contributed by atoms with Crippen LogP contribution in [0.1, 0.15) is 19.4 Å². The molecule has 0 saturated carbocycles. The number of carbonyl (C=O) groups is 2. The fourth-order valence-corrected chi connectivity index (χ4v) is 4.83. The molecule has 118 valence electrons. The number of hydrogen-bond acceptors (Lipinski definition) is 5. The lowest BCUT2D eigenvalue weighted by atomic mass is 10.3. The van der Waals surface area contributed by atoms with Crippen LogP contribution in [0.15, 0.2) is 15.7 Å². The fraction of sp³-hybridized carbons (Fsp3) is 0.500. The second-order valence-corrected chi connectivity index (χ2v) is 7.51. The molecule has 1 heterocycles. The number of carboxylic acids is 1. The summed E-state index contributed by atoms with van der Waals surface area (Å²) >= 11 is 1.04. The summed E-state index contributed by atoms with van der Waals surface area (Å²) in [5.41, 5.74) is 0.571. The van der Waals surface area contributed by atoms with Gasteiger partial charge in [0.1, 0.15) is 10.3 Å². The SMILES string of the molecule is CC(=O)NCCN(C(C)C(=O)O)S(=O)(=O)c1sccc1C. The molecule has 0 aliphatic heterocycles. The van der Waals surface area contributed by atoms with Gasteiger partial charge in [-0.1, -0.05) is 0 Å². The van der Waals surface area contributed by atoms with Crippen LogP contribution in [0.3, 0.4) is 0 Å². The van der Waals surface area contributed by atoms with Crippen molar-refractivity contribution in [3.05, 3.63) is 17.0 Å². The van der Waals surface area contributed by atoms with Crippen LogP contribution in [0.4, 0.5) is 0 Å². The summed E-state index contributed by atoms with van der Waals surface area (Å²) in [5, 5.41) is 13.2. The molecule has 0 saturated heterocycles. The van der Waals surface area contributed by atoms with Crippen LogP contribution in [0.2, 0.25) is 0 Å². The highest BCUT2D eigenvalue weighted by Crippen LogP contribution is 2.26. The standard InChI is InChI=1S/C12H18N2O5S2/c1-8-4-7-20-12(8)21(18,19)14(9(2)11(16)17)6-5-13-10(3)15/h4,7,9H,5-6H2,1-3H3,(H,13,15)(H,16,17). The maximum absolute atomic E-state index is 12.6. The molecule has 9 heteroatoms. The molecule has 1 aromatic heterocycles. The number of aliphatic carboxylic acids is 1. The van der Waals surface area contributed by atoms with E-state index in [0.717, 1.165) is 15.6 Å². The Morgan fingerprint density at radius 2 is 2.10 bits per heavy atom. The normalized spacial score (nSPS) is 13.1. The monoisotopic (exact) mass is 334 g/mol. The van der Waals surface area contributed by atoms with Crippen molar-refractivity contribution in [3.63, 3.8) is 0 Å². The Balaban J connectivity index is 3.08. The van der Waals surface area contributed by atoms with Crippen LogP contribution in [-0.2, 0) is 19.6 Å². The molecule has 21 heavy (non-hydrogen) atoms. The number of sulfonamides is 1. The molecule has 0 aliphatic carbocycles. The highest BCUT2D eigenvalue weighted by Gasteiger charge is 2.34. The second-order valence-electron chi connectivity index (χ2n) is 4.50. The van der Waals surface area contributed by atoms with Crippen molar-refractivity contribution in [1.29, 1.82) is 0 Å². The highest BCUT2D eigenvalue weighted by atomic mass is 32.2. The number of nitrogens with one attached hydrogen (secondary N) is 1. The van der Waals surface area contributed by atoms with Crippen molar-refractivity contribution in [3.8, 4) is 0 Å². The summed E-state index contributed by atoms with van der Waals surface area (Å²) in [6.45, 7) is 4.21. The number of aryl methyl sites for hydroxylation is 1. The first kappa shape index (κ1) is 17.6. The Labute approximate surface area is 127 Å². The highest BCUT2D eigenvalue weighted by molar-refractivity contribution is 7.91. The third-order valence-corrected chi connectivity index (χ3v) is 6.49. The molecule has 0 radical (unpaired) electrons. The van der Waals surface area contributed by atoms with Gasteiger partial charge in [-0.2, -0.15) is 4.31 Å². The van der Waals surface area contributed by atoms with Crippen molar-refractivity contribution in [2.24, 2.45) is 0 Å². The van der Waals surface area contributed by atoms with E-state index in [1.807, 2.05) is 0 Å². The van der Waals surface area contributed by atoms with Gasteiger partial charge in [-0.05, 0) is 30.9 Å². The van der Waals surface area contributed by atoms with E-state index in [9.17, 15) is 18.0 Å². The van der Waals surface area contributed by atoms with Crippen LogP contribution in [0.25, 0.3) is 0 Å². The van der Waals surface area contributed by atoms with Gasteiger partial charge in [0, 0.05) is 20.0 Å². The van der Waals surface area contributed by atoms with Gasteiger partial charge in [0.05, 0.1) is 0 Å². The number of carboxylic acid groups (broad SMARTS) is 1. The van der Waals surface area contributed by atoms with Crippen LogP contribution in [0, 0.1) is 6.92 Å². The van der Waals surface area contributed by atoms with Gasteiger partial charge >= 0.3 is 5.97 Å². The largest absolute Gasteiger partial charge is 0.480 e. The molecular weight excluding hydrogens is 316 g/mol. The van der Waals surface area contributed by atoms with Gasteiger partial charge in [-0.15, -0.1) is 11.3 Å². The minimum Gasteiger partial charge on any atom is -0.480 e. The van der Waals surface area contributed by atoms with Crippen LogP contribution < -0.4 is 5.32 Å². The fourth-order valence-electron chi connectivity index (χ4n) is 1.72. The number of nitrogens with zero attached hydrogens (tertiary/aromatic N) is 1. The Kier molecular flexibility index (Phi) is 5.87. The van der Waals surface area contributed by atoms with Gasteiger partial charge in [0.15, 0.2) is 0 Å². The van der Waals surface area contributed by atoms with Crippen LogP contribution in [-0.4, -0.2) is 48.8 Å². The van der Waals surface area contributed by atoms with Gasteiger partial charge in [0.2, 0.25) is 5.91 Å². The smallest absolute Gasteiger partial charge is 0.321 e. The second kappa shape index (κ2) is 7.01. The van der Waals surface area contributed by atoms with E-state index < -0.39 is 22.0 Å². The Bertz CT molecular complexity index is 623. The zero-order valence-electron chi connectivity index (χ0n) is 12.0. The van der Waals surface area contributed by atoms with Gasteiger partial charge < -0.3 is 10.4 Å². The van der Waals surface area contributed by atoms with Gasteiger partial charge in [-0.25, -0.2) is 8.42 Å². The van der Waals surface area contributed by atoms with Crippen LogP contribution in [0.5, 0.6) is 0 Å². The van der Waals surface area contributed by atoms with Gasteiger partial charge in [-0.3, -0.25) is 9.59 Å². The number of carbonyl (C=O) groups excluding carboxylic acids is 1. The van der Waals surface area contributed by atoms with E-state index in [1.165, 1.54) is 13.8 Å². The van der Waals surface area contributed by atoms with E-state index in [1.54, 1.807) is 18.4 Å². The Morgan fingerprint density at radius 3 is 2.52 bits per heavy atom. The third-order valence-electron chi connectivity index (χ3n) is 2.85. The minimum absolute atomic E-state index is 0.0522. The zero-order valence-corrected chi connectivity index (χ0v) is 13.6. The number of hydrogen-bond donors (Lipinski definition) is 2. The lowest BCUT2D eigenvalue weighted by Gasteiger charge is -2.25. The molecule has 0 fully saturated rings. The molecule has 2 N–H and O–H groups in total. The number of thiophene rings is 1. The molecule has 7 nitrogen and oxygen atoms in total. The topological polar surface area (TPSA) is 104 Å². The van der Waals surface area contributed by atoms with E-state index in [4.69, 9.17) is 5.11 Å². The maximum Gasteiger partial charge on any atom is 0.321 e. The number of rotatable bonds is 7.